The van der Waals surface area contributed by atoms with Gasteiger partial charge in [-0.05, 0) is 13.0 Å². The second-order valence-corrected chi connectivity index (χ2v) is 3.21. The molecule has 0 spiro atoms. The molecule has 1 rings (SSSR count). The highest BCUT2D eigenvalue weighted by Crippen LogP contribution is 2.26. The van der Waals surface area contributed by atoms with Crippen LogP contribution < -0.4 is 5.32 Å². The lowest BCUT2D eigenvalue weighted by Gasteiger charge is -2.07. The maximum absolute atomic E-state index is 13.5. The lowest BCUT2D eigenvalue weighted by molar-refractivity contribution is -0.387. The average Bonchev–Trinajstić information content (AvgIpc) is 2.25. The van der Waals surface area contributed by atoms with Crippen LogP contribution in [-0.2, 0) is 4.79 Å². The predicted molar refractivity (Wildman–Crippen MR) is 56.7 cm³/mol. The van der Waals surface area contributed by atoms with Crippen molar-refractivity contribution in [1.82, 2.24) is 0 Å². The minimum absolute atomic E-state index is 0.0366. The first-order chi connectivity index (χ1) is 7.97. The number of anilines is 1. The van der Waals surface area contributed by atoms with Crippen LogP contribution in [0.1, 0.15) is 12.0 Å². The summed E-state index contributed by atoms with van der Waals surface area (Å²) in [4.78, 5) is 20.7. The first-order valence-corrected chi connectivity index (χ1v) is 4.57. The second-order valence-electron chi connectivity index (χ2n) is 3.21. The van der Waals surface area contributed by atoms with E-state index in [0.29, 0.717) is 0 Å². The van der Waals surface area contributed by atoms with Gasteiger partial charge in [0.1, 0.15) is 6.42 Å². The van der Waals surface area contributed by atoms with Crippen molar-refractivity contribution in [2.45, 2.75) is 13.3 Å². The molecule has 17 heavy (non-hydrogen) atoms. The van der Waals surface area contributed by atoms with Crippen LogP contribution >= 0.6 is 0 Å². The van der Waals surface area contributed by atoms with Crippen molar-refractivity contribution in [3.8, 4) is 6.07 Å². The quantitative estimate of drug-likeness (QED) is 0.641. The van der Waals surface area contributed by atoms with E-state index >= 15 is 0 Å². The molecule has 0 fully saturated rings. The van der Waals surface area contributed by atoms with Crippen LogP contribution in [0.25, 0.3) is 0 Å². The van der Waals surface area contributed by atoms with E-state index < -0.39 is 22.3 Å². The van der Waals surface area contributed by atoms with Gasteiger partial charge in [0, 0.05) is 17.3 Å². The molecule has 0 heterocycles. The molecule has 0 atom stereocenters. The number of hydrogen-bond donors (Lipinski definition) is 1. The van der Waals surface area contributed by atoms with Gasteiger partial charge < -0.3 is 5.32 Å². The number of nitriles is 1. The van der Waals surface area contributed by atoms with Crippen LogP contribution in [0, 0.1) is 34.2 Å². The van der Waals surface area contributed by atoms with Crippen molar-refractivity contribution in [3.05, 3.63) is 33.6 Å². The minimum Gasteiger partial charge on any atom is -0.325 e. The summed E-state index contributed by atoms with van der Waals surface area (Å²) >= 11 is 0. The molecule has 0 unspecified atom stereocenters. The first kappa shape index (κ1) is 12.6. The third-order valence-corrected chi connectivity index (χ3v) is 2.08. The fourth-order valence-electron chi connectivity index (χ4n) is 1.21. The molecule has 6 nitrogen and oxygen atoms in total. The molecule has 0 radical (unpaired) electrons. The van der Waals surface area contributed by atoms with Gasteiger partial charge in [-0.15, -0.1) is 0 Å². The van der Waals surface area contributed by atoms with E-state index in [1.54, 1.807) is 6.07 Å². The van der Waals surface area contributed by atoms with Gasteiger partial charge in [0.2, 0.25) is 11.7 Å². The number of nitro groups is 1. The number of nitrogens with zero attached hydrogens (tertiary/aromatic N) is 2. The minimum atomic E-state index is -0.996. The van der Waals surface area contributed by atoms with Crippen LogP contribution in [0.3, 0.4) is 0 Å². The van der Waals surface area contributed by atoms with Crippen molar-refractivity contribution in [2.24, 2.45) is 0 Å². The maximum Gasteiger partial charge on any atom is 0.305 e. The summed E-state index contributed by atoms with van der Waals surface area (Å²) in [6.45, 7) is 1.31. The summed E-state index contributed by atoms with van der Waals surface area (Å²) in [5.74, 6) is -1.59. The normalized spacial score (nSPS) is 9.47. The standard InChI is InChI=1S/C10H8FN3O3/c1-6-7(13-9(15)4-5-12)2-3-8(10(6)11)14(16)17/h2-3H,4H2,1H3,(H,13,15). The molecule has 1 amide bonds. The summed E-state index contributed by atoms with van der Waals surface area (Å²) < 4.78 is 13.5. The van der Waals surface area contributed by atoms with Crippen LogP contribution in [0.2, 0.25) is 0 Å². The highest BCUT2D eigenvalue weighted by atomic mass is 19.1. The average molecular weight is 237 g/mol. The Kier molecular flexibility index (Phi) is 3.72. The number of halogens is 1. The molecule has 1 aromatic carbocycles. The topological polar surface area (TPSA) is 96.0 Å². The third-order valence-electron chi connectivity index (χ3n) is 2.08. The van der Waals surface area contributed by atoms with Gasteiger partial charge in [-0.25, -0.2) is 0 Å². The zero-order valence-electron chi connectivity index (χ0n) is 8.86. The van der Waals surface area contributed by atoms with Crippen LogP contribution in [0.5, 0.6) is 0 Å². The molecule has 0 aliphatic heterocycles. The Morgan fingerprint density at radius 1 is 1.65 bits per heavy atom. The van der Waals surface area contributed by atoms with E-state index in [1.807, 2.05) is 0 Å². The van der Waals surface area contributed by atoms with Crippen molar-refractivity contribution < 1.29 is 14.1 Å². The smallest absolute Gasteiger partial charge is 0.305 e. The summed E-state index contributed by atoms with van der Waals surface area (Å²) in [6.07, 6.45) is -0.363. The molecule has 7 heteroatoms. The largest absolute Gasteiger partial charge is 0.325 e. The Morgan fingerprint density at radius 3 is 2.82 bits per heavy atom. The van der Waals surface area contributed by atoms with Gasteiger partial charge in [-0.2, -0.15) is 9.65 Å². The zero-order valence-corrected chi connectivity index (χ0v) is 8.86. The molecule has 0 saturated carbocycles. The van der Waals surface area contributed by atoms with Gasteiger partial charge in [-0.1, -0.05) is 0 Å². The Labute approximate surface area is 95.8 Å². The molecule has 0 saturated heterocycles. The van der Waals surface area contributed by atoms with E-state index in [2.05, 4.69) is 5.32 Å². The van der Waals surface area contributed by atoms with Crippen molar-refractivity contribution in [2.75, 3.05) is 5.32 Å². The van der Waals surface area contributed by atoms with E-state index in [4.69, 9.17) is 5.26 Å². The van der Waals surface area contributed by atoms with E-state index in [9.17, 15) is 19.3 Å². The second kappa shape index (κ2) is 5.03. The molecule has 0 aromatic heterocycles. The number of nitro benzene ring substituents is 1. The molecule has 0 bridgehead atoms. The number of carbonyl (C=O) groups excluding carboxylic acids is 1. The number of benzene rings is 1. The van der Waals surface area contributed by atoms with Crippen LogP contribution in [0.15, 0.2) is 12.1 Å². The van der Waals surface area contributed by atoms with Crippen molar-refractivity contribution in [3.63, 3.8) is 0 Å². The lowest BCUT2D eigenvalue weighted by Crippen LogP contribution is -2.12. The van der Waals surface area contributed by atoms with E-state index in [-0.39, 0.29) is 17.7 Å². The molecule has 1 N–H and O–H groups in total. The Balaban J connectivity index is 3.05. The Bertz CT molecular complexity index is 522. The maximum atomic E-state index is 13.5. The number of rotatable bonds is 3. The number of amides is 1. The summed E-state index contributed by atoms with van der Waals surface area (Å²) in [5.41, 5.74) is -0.570. The first-order valence-electron chi connectivity index (χ1n) is 4.57. The zero-order chi connectivity index (χ0) is 13.0. The van der Waals surface area contributed by atoms with Gasteiger partial charge >= 0.3 is 5.69 Å². The third kappa shape index (κ3) is 2.75. The summed E-state index contributed by atoms with van der Waals surface area (Å²) in [7, 11) is 0. The van der Waals surface area contributed by atoms with Gasteiger partial charge in [0.15, 0.2) is 0 Å². The SMILES string of the molecule is Cc1c(NC(=O)CC#N)ccc([N+](=O)[O-])c1F. The highest BCUT2D eigenvalue weighted by Gasteiger charge is 2.18. The fourth-order valence-corrected chi connectivity index (χ4v) is 1.21. The lowest BCUT2D eigenvalue weighted by atomic mass is 10.1. The Morgan fingerprint density at radius 2 is 2.29 bits per heavy atom. The molecular weight excluding hydrogens is 229 g/mol. The molecule has 0 aliphatic rings. The fraction of sp³-hybridized carbons (Fsp3) is 0.200. The summed E-state index contributed by atoms with van der Waals surface area (Å²) in [6, 6.07) is 3.83. The van der Waals surface area contributed by atoms with E-state index in [0.717, 1.165) is 6.07 Å². The number of nitrogens with one attached hydrogen (secondary N) is 1. The van der Waals surface area contributed by atoms with Crippen LogP contribution in [-0.4, -0.2) is 10.8 Å². The molecular formula is C10H8FN3O3. The number of carbonyl (C=O) groups is 1. The monoisotopic (exact) mass is 237 g/mol. The molecule has 1 aromatic rings. The Hall–Kier alpha value is -2.49. The molecule has 88 valence electrons. The van der Waals surface area contributed by atoms with Crippen LogP contribution in [0.4, 0.5) is 15.8 Å². The van der Waals surface area contributed by atoms with Gasteiger partial charge in [0.05, 0.1) is 11.0 Å². The summed E-state index contributed by atoms with van der Waals surface area (Å²) in [5, 5.41) is 21.0. The van der Waals surface area contributed by atoms with Gasteiger partial charge in [-0.3, -0.25) is 14.9 Å². The predicted octanol–water partition coefficient (Wildman–Crippen LogP) is 1.89. The number of hydrogen-bond acceptors (Lipinski definition) is 4. The highest BCUT2D eigenvalue weighted by molar-refractivity contribution is 5.92. The van der Waals surface area contributed by atoms with Crippen molar-refractivity contribution in [1.29, 1.82) is 5.26 Å². The van der Waals surface area contributed by atoms with Gasteiger partial charge in [0.25, 0.3) is 0 Å². The molecule has 0 aliphatic carbocycles. The van der Waals surface area contributed by atoms with E-state index in [1.165, 1.54) is 13.0 Å². The van der Waals surface area contributed by atoms with Crippen molar-refractivity contribution >= 4 is 17.3 Å².